The molecular formula is C21H34FN5O3. The molecule has 1 saturated heterocycles. The normalized spacial score (nSPS) is 16.5. The van der Waals surface area contributed by atoms with Crippen molar-refractivity contribution in [1.82, 2.24) is 20.4 Å². The summed E-state index contributed by atoms with van der Waals surface area (Å²) < 4.78 is 18.4. The number of rotatable bonds is 9. The highest BCUT2D eigenvalue weighted by atomic mass is 19.1. The number of piperazine rings is 1. The topological polar surface area (TPSA) is 89.4 Å². The molecule has 1 heterocycles. The minimum absolute atomic E-state index is 0.0447. The first kappa shape index (κ1) is 23.9. The number of halogens is 1. The average molecular weight is 424 g/mol. The van der Waals surface area contributed by atoms with Crippen LogP contribution in [0.15, 0.2) is 29.3 Å². The lowest BCUT2D eigenvalue weighted by Crippen LogP contribution is -2.54. The predicted octanol–water partition coefficient (Wildman–Crippen LogP) is 0.673. The van der Waals surface area contributed by atoms with E-state index in [9.17, 15) is 14.3 Å². The minimum atomic E-state index is -0.773. The van der Waals surface area contributed by atoms with Crippen LogP contribution in [-0.4, -0.2) is 91.3 Å². The molecular weight excluding hydrogens is 389 g/mol. The molecule has 0 radical (unpaired) electrons. The van der Waals surface area contributed by atoms with Gasteiger partial charge >= 0.3 is 0 Å². The molecule has 30 heavy (non-hydrogen) atoms. The molecule has 0 bridgehead atoms. The SMILES string of the molecule is CCNC(=NCC(O)COc1ccc(F)cc1)N1CCN(CC(=O)NC(C)C)CC1. The number of carbonyl (C=O) groups is 1. The molecule has 3 N–H and O–H groups in total. The molecule has 0 aliphatic carbocycles. The van der Waals surface area contributed by atoms with Gasteiger partial charge in [-0.2, -0.15) is 0 Å². The van der Waals surface area contributed by atoms with Crippen molar-refractivity contribution in [2.24, 2.45) is 4.99 Å². The van der Waals surface area contributed by atoms with Gasteiger partial charge in [0, 0.05) is 38.8 Å². The monoisotopic (exact) mass is 423 g/mol. The molecule has 0 spiro atoms. The van der Waals surface area contributed by atoms with E-state index in [-0.39, 0.29) is 30.9 Å². The zero-order valence-corrected chi connectivity index (χ0v) is 18.1. The first-order chi connectivity index (χ1) is 14.4. The van der Waals surface area contributed by atoms with Gasteiger partial charge in [0.2, 0.25) is 5.91 Å². The van der Waals surface area contributed by atoms with E-state index >= 15 is 0 Å². The van der Waals surface area contributed by atoms with Crippen LogP contribution in [0.3, 0.4) is 0 Å². The van der Waals surface area contributed by atoms with Crippen LogP contribution in [0.4, 0.5) is 4.39 Å². The first-order valence-corrected chi connectivity index (χ1v) is 10.5. The molecule has 1 amide bonds. The Morgan fingerprint density at radius 3 is 2.50 bits per heavy atom. The van der Waals surface area contributed by atoms with E-state index in [4.69, 9.17) is 4.74 Å². The quantitative estimate of drug-likeness (QED) is 0.400. The summed E-state index contributed by atoms with van der Waals surface area (Å²) in [5, 5.41) is 16.4. The van der Waals surface area contributed by atoms with Gasteiger partial charge in [-0.1, -0.05) is 0 Å². The molecule has 1 unspecified atom stereocenters. The van der Waals surface area contributed by atoms with Crippen molar-refractivity contribution in [1.29, 1.82) is 0 Å². The summed E-state index contributed by atoms with van der Waals surface area (Å²) >= 11 is 0. The number of ether oxygens (including phenoxy) is 1. The van der Waals surface area contributed by atoms with Gasteiger partial charge in [-0.3, -0.25) is 14.7 Å². The second-order valence-electron chi connectivity index (χ2n) is 7.60. The van der Waals surface area contributed by atoms with Crippen molar-refractivity contribution >= 4 is 11.9 Å². The molecule has 0 saturated carbocycles. The Morgan fingerprint density at radius 1 is 1.23 bits per heavy atom. The van der Waals surface area contributed by atoms with Gasteiger partial charge in [0.05, 0.1) is 13.1 Å². The van der Waals surface area contributed by atoms with Crippen LogP contribution in [-0.2, 0) is 4.79 Å². The number of aliphatic hydroxyl groups excluding tert-OH is 1. The lowest BCUT2D eigenvalue weighted by molar-refractivity contribution is -0.123. The summed E-state index contributed by atoms with van der Waals surface area (Å²) in [6.07, 6.45) is -0.773. The van der Waals surface area contributed by atoms with E-state index in [1.54, 1.807) is 0 Å². The summed E-state index contributed by atoms with van der Waals surface area (Å²) in [4.78, 5) is 20.7. The molecule has 1 fully saturated rings. The van der Waals surface area contributed by atoms with Crippen LogP contribution in [0, 0.1) is 5.82 Å². The third-order valence-corrected chi connectivity index (χ3v) is 4.53. The first-order valence-electron chi connectivity index (χ1n) is 10.5. The van der Waals surface area contributed by atoms with Crippen LogP contribution < -0.4 is 15.4 Å². The largest absolute Gasteiger partial charge is 0.491 e. The van der Waals surface area contributed by atoms with Crippen LogP contribution in [0.2, 0.25) is 0 Å². The summed E-state index contributed by atoms with van der Waals surface area (Å²) in [6.45, 7) is 10.3. The number of aliphatic hydroxyl groups is 1. The number of benzene rings is 1. The standard InChI is InChI=1S/C21H34FN5O3/c1-4-23-21(24-13-18(28)15-30-19-7-5-17(22)6-8-19)27-11-9-26(10-12-27)14-20(29)25-16(2)3/h5-8,16,18,28H,4,9-15H2,1-3H3,(H,23,24)(H,25,29). The Balaban J connectivity index is 1.79. The fraction of sp³-hybridized carbons (Fsp3) is 0.619. The predicted molar refractivity (Wildman–Crippen MR) is 115 cm³/mol. The highest BCUT2D eigenvalue weighted by molar-refractivity contribution is 5.80. The summed E-state index contributed by atoms with van der Waals surface area (Å²) in [6, 6.07) is 5.82. The van der Waals surface area contributed by atoms with Crippen LogP contribution in [0.25, 0.3) is 0 Å². The minimum Gasteiger partial charge on any atom is -0.491 e. The van der Waals surface area contributed by atoms with Gasteiger partial charge in [0.15, 0.2) is 5.96 Å². The molecule has 0 aromatic heterocycles. The number of guanidine groups is 1. The van der Waals surface area contributed by atoms with Gasteiger partial charge in [0.1, 0.15) is 24.3 Å². The van der Waals surface area contributed by atoms with E-state index < -0.39 is 6.10 Å². The number of carbonyl (C=O) groups excluding carboxylic acids is 1. The third-order valence-electron chi connectivity index (χ3n) is 4.53. The highest BCUT2D eigenvalue weighted by Gasteiger charge is 2.21. The average Bonchev–Trinajstić information content (AvgIpc) is 2.70. The van der Waals surface area contributed by atoms with Crippen molar-refractivity contribution in [2.45, 2.75) is 32.9 Å². The number of hydrogen-bond acceptors (Lipinski definition) is 5. The number of nitrogens with zero attached hydrogens (tertiary/aromatic N) is 3. The summed E-state index contributed by atoms with van der Waals surface area (Å²) in [7, 11) is 0. The van der Waals surface area contributed by atoms with E-state index in [1.165, 1.54) is 24.3 Å². The van der Waals surface area contributed by atoms with E-state index in [0.717, 1.165) is 38.7 Å². The molecule has 2 rings (SSSR count). The molecule has 168 valence electrons. The van der Waals surface area contributed by atoms with Crippen molar-refractivity contribution in [3.8, 4) is 5.75 Å². The maximum absolute atomic E-state index is 12.9. The van der Waals surface area contributed by atoms with Gasteiger partial charge in [-0.25, -0.2) is 4.39 Å². The summed E-state index contributed by atoms with van der Waals surface area (Å²) in [5.74, 6) is 0.959. The Hall–Kier alpha value is -2.39. The lowest BCUT2D eigenvalue weighted by atomic mass is 10.3. The van der Waals surface area contributed by atoms with Gasteiger partial charge < -0.3 is 25.4 Å². The second kappa shape index (κ2) is 12.3. The molecule has 1 atom stereocenters. The van der Waals surface area contributed by atoms with E-state index in [0.29, 0.717) is 12.3 Å². The molecule has 8 nitrogen and oxygen atoms in total. The van der Waals surface area contributed by atoms with Crippen molar-refractivity contribution in [3.05, 3.63) is 30.1 Å². The fourth-order valence-electron chi connectivity index (χ4n) is 3.08. The van der Waals surface area contributed by atoms with Crippen LogP contribution in [0.1, 0.15) is 20.8 Å². The highest BCUT2D eigenvalue weighted by Crippen LogP contribution is 2.11. The van der Waals surface area contributed by atoms with Crippen LogP contribution in [0.5, 0.6) is 5.75 Å². The second-order valence-corrected chi connectivity index (χ2v) is 7.60. The zero-order chi connectivity index (χ0) is 21.9. The molecule has 1 aliphatic rings. The van der Waals surface area contributed by atoms with Crippen molar-refractivity contribution in [3.63, 3.8) is 0 Å². The molecule has 1 aliphatic heterocycles. The number of nitrogens with one attached hydrogen (secondary N) is 2. The van der Waals surface area contributed by atoms with E-state index in [1.807, 2.05) is 20.8 Å². The van der Waals surface area contributed by atoms with Crippen molar-refractivity contribution in [2.75, 3.05) is 52.4 Å². The lowest BCUT2D eigenvalue weighted by Gasteiger charge is -2.36. The fourth-order valence-corrected chi connectivity index (χ4v) is 3.08. The number of aliphatic imine (C=N–C) groups is 1. The summed E-state index contributed by atoms with van der Waals surface area (Å²) in [5.41, 5.74) is 0. The molecule has 1 aromatic carbocycles. The third kappa shape index (κ3) is 8.54. The Labute approximate surface area is 178 Å². The molecule has 1 aromatic rings. The maximum Gasteiger partial charge on any atom is 0.234 e. The Kier molecular flexibility index (Phi) is 9.82. The van der Waals surface area contributed by atoms with Gasteiger partial charge in [-0.05, 0) is 45.0 Å². The smallest absolute Gasteiger partial charge is 0.234 e. The molecule has 9 heteroatoms. The van der Waals surface area contributed by atoms with Gasteiger partial charge in [0.25, 0.3) is 0 Å². The Bertz CT molecular complexity index is 676. The number of amides is 1. The van der Waals surface area contributed by atoms with Crippen molar-refractivity contribution < 1.29 is 19.0 Å². The number of hydrogen-bond donors (Lipinski definition) is 3. The Morgan fingerprint density at radius 2 is 1.90 bits per heavy atom. The van der Waals surface area contributed by atoms with Crippen LogP contribution >= 0.6 is 0 Å². The van der Waals surface area contributed by atoms with E-state index in [2.05, 4.69) is 25.4 Å². The van der Waals surface area contributed by atoms with Gasteiger partial charge in [-0.15, -0.1) is 0 Å². The zero-order valence-electron chi connectivity index (χ0n) is 18.1. The maximum atomic E-state index is 12.9.